The fraction of sp³-hybridized carbons (Fsp3) is 1.00. The van der Waals surface area contributed by atoms with E-state index in [4.69, 9.17) is 14.2 Å². The molecule has 4 nitrogen and oxygen atoms in total. The molecule has 0 bridgehead atoms. The number of nitrogens with one attached hydrogen (secondary N) is 1. The topological polar surface area (TPSA) is 39.7 Å². The number of hydrogen-bond donors (Lipinski definition) is 1. The molecule has 0 spiro atoms. The summed E-state index contributed by atoms with van der Waals surface area (Å²) in [5.41, 5.74) is 0. The summed E-state index contributed by atoms with van der Waals surface area (Å²) >= 11 is 0. The lowest BCUT2D eigenvalue weighted by molar-refractivity contribution is -0.0187. The van der Waals surface area contributed by atoms with Gasteiger partial charge in [-0.05, 0) is 32.9 Å². The molecule has 0 aromatic carbocycles. The third-order valence-electron chi connectivity index (χ3n) is 2.44. The van der Waals surface area contributed by atoms with Gasteiger partial charge in [-0.25, -0.2) is 0 Å². The monoisotopic (exact) mass is 217 g/mol. The highest BCUT2D eigenvalue weighted by Crippen LogP contribution is 2.06. The first kappa shape index (κ1) is 12.9. The van der Waals surface area contributed by atoms with Gasteiger partial charge in [-0.1, -0.05) is 0 Å². The molecule has 4 heteroatoms. The van der Waals surface area contributed by atoms with Crippen molar-refractivity contribution in [2.75, 3.05) is 46.1 Å². The van der Waals surface area contributed by atoms with Gasteiger partial charge in [-0.2, -0.15) is 0 Å². The minimum atomic E-state index is 0.432. The van der Waals surface area contributed by atoms with Crippen LogP contribution in [0.2, 0.25) is 0 Å². The van der Waals surface area contributed by atoms with Crippen molar-refractivity contribution in [3.8, 4) is 0 Å². The Hall–Kier alpha value is -0.160. The smallest absolute Gasteiger partial charge is 0.0704 e. The third-order valence-corrected chi connectivity index (χ3v) is 2.44. The fourth-order valence-corrected chi connectivity index (χ4v) is 1.60. The van der Waals surface area contributed by atoms with Gasteiger partial charge in [0.15, 0.2) is 0 Å². The van der Waals surface area contributed by atoms with Crippen molar-refractivity contribution in [1.82, 2.24) is 5.32 Å². The molecule has 0 radical (unpaired) electrons. The summed E-state index contributed by atoms with van der Waals surface area (Å²) in [7, 11) is 0. The van der Waals surface area contributed by atoms with E-state index in [2.05, 4.69) is 5.32 Å². The molecule has 0 unspecified atom stereocenters. The van der Waals surface area contributed by atoms with Crippen molar-refractivity contribution < 1.29 is 14.2 Å². The van der Waals surface area contributed by atoms with Gasteiger partial charge in [0, 0.05) is 6.61 Å². The molecule has 0 aromatic heterocycles. The molecule has 1 aliphatic rings. The molecule has 1 rings (SSSR count). The van der Waals surface area contributed by atoms with Gasteiger partial charge in [0.1, 0.15) is 0 Å². The van der Waals surface area contributed by atoms with E-state index < -0.39 is 0 Å². The Morgan fingerprint density at radius 2 is 1.67 bits per heavy atom. The predicted molar refractivity (Wildman–Crippen MR) is 59.2 cm³/mol. The second-order valence-electron chi connectivity index (χ2n) is 3.63. The highest BCUT2D eigenvalue weighted by molar-refractivity contribution is 4.67. The predicted octanol–water partition coefficient (Wildman–Crippen LogP) is 0.808. The van der Waals surface area contributed by atoms with E-state index in [9.17, 15) is 0 Å². The molecule has 90 valence electrons. The first-order valence-electron chi connectivity index (χ1n) is 5.91. The van der Waals surface area contributed by atoms with Crippen molar-refractivity contribution in [3.05, 3.63) is 0 Å². The maximum absolute atomic E-state index is 5.68. The SMILES string of the molecule is CCOCCOCCOC1CCNCC1. The Balaban J connectivity index is 1.79. The molecule has 0 aromatic rings. The quantitative estimate of drug-likeness (QED) is 0.611. The highest BCUT2D eigenvalue weighted by atomic mass is 16.5. The Labute approximate surface area is 92.3 Å². The number of hydrogen-bond acceptors (Lipinski definition) is 4. The molecule has 0 aliphatic carbocycles. The second-order valence-corrected chi connectivity index (χ2v) is 3.63. The Morgan fingerprint density at radius 3 is 2.40 bits per heavy atom. The molecular formula is C11H23NO3. The fourth-order valence-electron chi connectivity index (χ4n) is 1.60. The largest absolute Gasteiger partial charge is 0.379 e. The van der Waals surface area contributed by atoms with Crippen molar-refractivity contribution in [1.29, 1.82) is 0 Å². The third kappa shape index (κ3) is 6.84. The van der Waals surface area contributed by atoms with Crippen LogP contribution in [0.15, 0.2) is 0 Å². The molecule has 15 heavy (non-hydrogen) atoms. The van der Waals surface area contributed by atoms with Crippen molar-refractivity contribution in [3.63, 3.8) is 0 Å². The summed E-state index contributed by atoms with van der Waals surface area (Å²) in [6.07, 6.45) is 2.68. The Morgan fingerprint density at radius 1 is 1.00 bits per heavy atom. The molecule has 0 saturated carbocycles. The van der Waals surface area contributed by atoms with E-state index in [1.807, 2.05) is 6.92 Å². The molecule has 1 heterocycles. The van der Waals surface area contributed by atoms with Crippen molar-refractivity contribution in [2.24, 2.45) is 0 Å². The zero-order valence-corrected chi connectivity index (χ0v) is 9.67. The summed E-state index contributed by atoms with van der Waals surface area (Å²) in [6, 6.07) is 0. The maximum atomic E-state index is 5.68. The zero-order valence-electron chi connectivity index (χ0n) is 9.67. The first-order valence-corrected chi connectivity index (χ1v) is 5.91. The van der Waals surface area contributed by atoms with E-state index in [1.54, 1.807) is 0 Å². The van der Waals surface area contributed by atoms with Gasteiger partial charge in [0.2, 0.25) is 0 Å². The summed E-state index contributed by atoms with van der Waals surface area (Å²) in [6.45, 7) is 7.64. The van der Waals surface area contributed by atoms with E-state index in [0.717, 1.165) is 32.5 Å². The molecular weight excluding hydrogens is 194 g/mol. The second kappa shape index (κ2) is 9.09. The van der Waals surface area contributed by atoms with Crippen LogP contribution in [0.1, 0.15) is 19.8 Å². The van der Waals surface area contributed by atoms with Gasteiger partial charge in [0.25, 0.3) is 0 Å². The Bertz CT molecular complexity index is 138. The van der Waals surface area contributed by atoms with Gasteiger partial charge in [0.05, 0.1) is 32.5 Å². The minimum absolute atomic E-state index is 0.432. The molecule has 1 aliphatic heterocycles. The summed E-state index contributed by atoms with van der Waals surface area (Å²) in [5.74, 6) is 0. The van der Waals surface area contributed by atoms with Crippen LogP contribution in [-0.2, 0) is 14.2 Å². The average Bonchev–Trinajstić information content (AvgIpc) is 2.29. The van der Waals surface area contributed by atoms with Crippen LogP contribution in [0.4, 0.5) is 0 Å². The minimum Gasteiger partial charge on any atom is -0.379 e. The van der Waals surface area contributed by atoms with Gasteiger partial charge in [-0.15, -0.1) is 0 Å². The lowest BCUT2D eigenvalue weighted by Gasteiger charge is -2.22. The molecule has 1 N–H and O–H groups in total. The standard InChI is InChI=1S/C11H23NO3/c1-2-13-7-8-14-9-10-15-11-3-5-12-6-4-11/h11-12H,2-10H2,1H3. The summed E-state index contributed by atoms with van der Waals surface area (Å²) in [4.78, 5) is 0. The van der Waals surface area contributed by atoms with Crippen LogP contribution in [0.5, 0.6) is 0 Å². The lowest BCUT2D eigenvalue weighted by atomic mass is 10.1. The molecule has 1 fully saturated rings. The molecule has 0 atom stereocenters. The highest BCUT2D eigenvalue weighted by Gasteiger charge is 2.12. The number of rotatable bonds is 8. The average molecular weight is 217 g/mol. The van der Waals surface area contributed by atoms with Gasteiger partial charge < -0.3 is 19.5 Å². The molecule has 1 saturated heterocycles. The van der Waals surface area contributed by atoms with Gasteiger partial charge >= 0.3 is 0 Å². The number of piperidine rings is 1. The lowest BCUT2D eigenvalue weighted by Crippen LogP contribution is -2.33. The van der Waals surface area contributed by atoms with E-state index in [-0.39, 0.29) is 0 Å². The summed E-state index contributed by atoms with van der Waals surface area (Å²) in [5, 5.41) is 3.31. The molecule has 0 amide bonds. The van der Waals surface area contributed by atoms with Crippen LogP contribution in [0, 0.1) is 0 Å². The summed E-state index contributed by atoms with van der Waals surface area (Å²) < 4.78 is 16.2. The Kier molecular flexibility index (Phi) is 7.83. The normalized spacial score (nSPS) is 18.2. The van der Waals surface area contributed by atoms with Crippen LogP contribution in [-0.4, -0.2) is 52.2 Å². The van der Waals surface area contributed by atoms with Crippen molar-refractivity contribution >= 4 is 0 Å². The van der Waals surface area contributed by atoms with Gasteiger partial charge in [-0.3, -0.25) is 0 Å². The zero-order chi connectivity index (χ0) is 10.8. The van der Waals surface area contributed by atoms with E-state index in [1.165, 1.54) is 0 Å². The van der Waals surface area contributed by atoms with E-state index in [0.29, 0.717) is 32.5 Å². The van der Waals surface area contributed by atoms with Crippen molar-refractivity contribution in [2.45, 2.75) is 25.9 Å². The van der Waals surface area contributed by atoms with Crippen LogP contribution < -0.4 is 5.32 Å². The van der Waals surface area contributed by atoms with Crippen LogP contribution in [0.25, 0.3) is 0 Å². The first-order chi connectivity index (χ1) is 7.43. The van der Waals surface area contributed by atoms with Crippen LogP contribution in [0.3, 0.4) is 0 Å². The number of ether oxygens (including phenoxy) is 3. The maximum Gasteiger partial charge on any atom is 0.0704 e. The van der Waals surface area contributed by atoms with E-state index >= 15 is 0 Å². The van der Waals surface area contributed by atoms with Crippen LogP contribution >= 0.6 is 0 Å².